The number of piperidine rings is 1. The third-order valence-corrected chi connectivity index (χ3v) is 7.78. The number of aryl methyl sites for hydroxylation is 1. The molecule has 3 heterocycles. The van der Waals surface area contributed by atoms with Gasteiger partial charge in [-0.1, -0.05) is 11.6 Å². The van der Waals surface area contributed by atoms with E-state index in [0.29, 0.717) is 36.8 Å². The third kappa shape index (κ3) is 4.60. The van der Waals surface area contributed by atoms with E-state index in [1.54, 1.807) is 30.3 Å². The van der Waals surface area contributed by atoms with Gasteiger partial charge in [0.2, 0.25) is 10.0 Å². The van der Waals surface area contributed by atoms with E-state index in [4.69, 9.17) is 11.6 Å². The predicted octanol–water partition coefficient (Wildman–Crippen LogP) is 1.93. The number of carbonyl (C=O) groups excluding carboxylic acids is 1. The molecule has 1 aliphatic rings. The lowest BCUT2D eigenvalue weighted by atomic mass is 9.97. The topological polar surface area (TPSA) is 88.5 Å². The summed E-state index contributed by atoms with van der Waals surface area (Å²) >= 11 is 6.81. The highest BCUT2D eigenvalue weighted by Crippen LogP contribution is 2.26. The van der Waals surface area contributed by atoms with Crippen molar-refractivity contribution in [1.82, 2.24) is 14.2 Å². The molecule has 1 amide bonds. The smallest absolute Gasteiger partial charge is 0.263 e. The Morgan fingerprint density at radius 3 is 2.63 bits per heavy atom. The number of halogens is 1. The van der Waals surface area contributed by atoms with Gasteiger partial charge < -0.3 is 9.47 Å². The fourth-order valence-corrected chi connectivity index (χ4v) is 5.65. The molecule has 2 aromatic heterocycles. The molecule has 27 heavy (non-hydrogen) atoms. The molecule has 0 aliphatic carbocycles. The predicted molar refractivity (Wildman–Crippen MR) is 105 cm³/mol. The van der Waals surface area contributed by atoms with Crippen LogP contribution < -0.4 is 10.3 Å². The molecule has 1 saturated heterocycles. The van der Waals surface area contributed by atoms with Gasteiger partial charge in [0.15, 0.2) is 0 Å². The minimum atomic E-state index is -3.56. The average Bonchev–Trinajstić information content (AvgIpc) is 3.10. The number of pyridine rings is 1. The standard InChI is InChI=1S/C17H20ClN3O4S2/c1-20-8-2-3-13(16(20)22)17(23)21-9-6-12(7-10-21)11-19-27(24,25)15-5-4-14(18)26-15/h2-5,8,12,19H,6-7,9-11H2,1H3. The van der Waals surface area contributed by atoms with E-state index in [-0.39, 0.29) is 27.2 Å². The molecule has 2 aromatic rings. The van der Waals surface area contributed by atoms with Crippen molar-refractivity contribution >= 4 is 38.9 Å². The van der Waals surface area contributed by atoms with Crippen LogP contribution in [0.5, 0.6) is 0 Å². The lowest BCUT2D eigenvalue weighted by Crippen LogP contribution is -2.43. The van der Waals surface area contributed by atoms with E-state index in [2.05, 4.69) is 4.72 Å². The molecule has 1 fully saturated rings. The molecule has 0 unspecified atom stereocenters. The fourth-order valence-electron chi connectivity index (χ4n) is 3.01. The Kier molecular flexibility index (Phi) is 6.05. The molecule has 0 aromatic carbocycles. The van der Waals surface area contributed by atoms with Crippen LogP contribution in [0.2, 0.25) is 4.34 Å². The van der Waals surface area contributed by atoms with Crippen molar-refractivity contribution in [3.05, 3.63) is 50.7 Å². The highest BCUT2D eigenvalue weighted by molar-refractivity contribution is 7.91. The second-order valence-electron chi connectivity index (χ2n) is 6.48. The van der Waals surface area contributed by atoms with Crippen LogP contribution in [0.15, 0.2) is 39.5 Å². The number of hydrogen-bond donors (Lipinski definition) is 1. The van der Waals surface area contributed by atoms with Crippen molar-refractivity contribution in [2.45, 2.75) is 17.1 Å². The van der Waals surface area contributed by atoms with Crippen LogP contribution in [0, 0.1) is 5.92 Å². The van der Waals surface area contributed by atoms with Gasteiger partial charge >= 0.3 is 0 Å². The lowest BCUT2D eigenvalue weighted by Gasteiger charge is -2.32. The van der Waals surface area contributed by atoms with E-state index in [1.165, 1.54) is 16.7 Å². The Labute approximate surface area is 166 Å². The van der Waals surface area contributed by atoms with Crippen molar-refractivity contribution in [3.63, 3.8) is 0 Å². The molecule has 1 aliphatic heterocycles. The van der Waals surface area contributed by atoms with Crippen molar-refractivity contribution < 1.29 is 13.2 Å². The molecule has 1 N–H and O–H groups in total. The van der Waals surface area contributed by atoms with Gasteiger partial charge in [-0.3, -0.25) is 9.59 Å². The summed E-state index contributed by atoms with van der Waals surface area (Å²) in [6.45, 7) is 1.30. The first-order chi connectivity index (χ1) is 12.8. The Morgan fingerprint density at radius 2 is 2.00 bits per heavy atom. The van der Waals surface area contributed by atoms with Gasteiger partial charge in [-0.2, -0.15) is 0 Å². The van der Waals surface area contributed by atoms with Crippen LogP contribution in [0.25, 0.3) is 0 Å². The molecule has 0 radical (unpaired) electrons. The van der Waals surface area contributed by atoms with Crippen LogP contribution in [0.3, 0.4) is 0 Å². The summed E-state index contributed by atoms with van der Waals surface area (Å²) < 4.78 is 29.1. The van der Waals surface area contributed by atoms with Crippen LogP contribution in [0.1, 0.15) is 23.2 Å². The quantitative estimate of drug-likeness (QED) is 0.786. The van der Waals surface area contributed by atoms with Crippen molar-refractivity contribution in [1.29, 1.82) is 0 Å². The maximum atomic E-state index is 12.6. The van der Waals surface area contributed by atoms with E-state index < -0.39 is 10.0 Å². The Balaban J connectivity index is 1.55. The van der Waals surface area contributed by atoms with Gasteiger partial charge in [0.05, 0.1) is 4.34 Å². The second-order valence-corrected chi connectivity index (χ2v) is 10.2. The molecule has 10 heteroatoms. The molecule has 0 atom stereocenters. The summed E-state index contributed by atoms with van der Waals surface area (Å²) in [5.41, 5.74) is -0.152. The summed E-state index contributed by atoms with van der Waals surface area (Å²) in [6, 6.07) is 6.25. The minimum Gasteiger partial charge on any atom is -0.338 e. The summed E-state index contributed by atoms with van der Waals surface area (Å²) in [5, 5.41) is 0. The highest BCUT2D eigenvalue weighted by atomic mass is 35.5. The molecule has 0 bridgehead atoms. The van der Waals surface area contributed by atoms with Crippen molar-refractivity contribution in [2.24, 2.45) is 13.0 Å². The van der Waals surface area contributed by atoms with Crippen LogP contribution >= 0.6 is 22.9 Å². The van der Waals surface area contributed by atoms with Crippen molar-refractivity contribution in [3.8, 4) is 0 Å². The van der Waals surface area contributed by atoms with Crippen molar-refractivity contribution in [2.75, 3.05) is 19.6 Å². The zero-order valence-electron chi connectivity index (χ0n) is 14.7. The van der Waals surface area contributed by atoms with Crippen LogP contribution in [0.4, 0.5) is 0 Å². The number of likely N-dealkylation sites (tertiary alicyclic amines) is 1. The monoisotopic (exact) mass is 429 g/mol. The summed E-state index contributed by atoms with van der Waals surface area (Å²) in [4.78, 5) is 26.3. The highest BCUT2D eigenvalue weighted by Gasteiger charge is 2.26. The number of rotatable bonds is 5. The number of nitrogens with zero attached hydrogens (tertiary/aromatic N) is 2. The zero-order chi connectivity index (χ0) is 19.6. The number of nitrogens with one attached hydrogen (secondary N) is 1. The first-order valence-corrected chi connectivity index (χ1v) is 11.2. The maximum absolute atomic E-state index is 12.6. The van der Waals surface area contributed by atoms with E-state index in [0.717, 1.165) is 11.3 Å². The minimum absolute atomic E-state index is 0.137. The molecule has 0 saturated carbocycles. The number of amides is 1. The molecular weight excluding hydrogens is 410 g/mol. The zero-order valence-corrected chi connectivity index (χ0v) is 17.1. The Bertz CT molecular complexity index is 992. The van der Waals surface area contributed by atoms with Gasteiger partial charge in [0.1, 0.15) is 9.77 Å². The van der Waals surface area contributed by atoms with Crippen LogP contribution in [-0.2, 0) is 17.1 Å². The first-order valence-electron chi connectivity index (χ1n) is 8.48. The summed E-state index contributed by atoms with van der Waals surface area (Å²) in [7, 11) is -1.95. The summed E-state index contributed by atoms with van der Waals surface area (Å²) in [5.74, 6) is -0.138. The van der Waals surface area contributed by atoms with Gasteiger partial charge in [-0.25, -0.2) is 13.1 Å². The molecule has 0 spiro atoms. The molecule has 7 nitrogen and oxygen atoms in total. The largest absolute Gasteiger partial charge is 0.338 e. The van der Waals surface area contributed by atoms with Crippen LogP contribution in [-0.4, -0.2) is 43.4 Å². The Morgan fingerprint density at radius 1 is 1.30 bits per heavy atom. The normalized spacial score (nSPS) is 15.9. The van der Waals surface area contributed by atoms with Gasteiger partial charge in [-0.15, -0.1) is 11.3 Å². The van der Waals surface area contributed by atoms with Gasteiger partial charge in [-0.05, 0) is 43.0 Å². The number of aromatic nitrogens is 1. The van der Waals surface area contributed by atoms with Gasteiger partial charge in [0.25, 0.3) is 11.5 Å². The number of hydrogen-bond acceptors (Lipinski definition) is 5. The van der Waals surface area contributed by atoms with E-state index >= 15 is 0 Å². The first kappa shape index (κ1) is 20.1. The number of sulfonamides is 1. The number of carbonyl (C=O) groups is 1. The second kappa shape index (κ2) is 8.14. The molecule has 146 valence electrons. The maximum Gasteiger partial charge on any atom is 0.263 e. The molecular formula is C17H20ClN3O4S2. The SMILES string of the molecule is Cn1cccc(C(=O)N2CCC(CNS(=O)(=O)c3ccc(Cl)s3)CC2)c1=O. The Hall–Kier alpha value is -1.68. The summed E-state index contributed by atoms with van der Waals surface area (Å²) in [6.07, 6.45) is 2.96. The fraction of sp³-hybridized carbons (Fsp3) is 0.412. The van der Waals surface area contributed by atoms with Gasteiger partial charge in [0, 0.05) is 32.9 Å². The third-order valence-electron chi connectivity index (χ3n) is 4.63. The number of thiophene rings is 1. The van der Waals surface area contributed by atoms with E-state index in [1.807, 2.05) is 0 Å². The van der Waals surface area contributed by atoms with E-state index in [9.17, 15) is 18.0 Å². The lowest BCUT2D eigenvalue weighted by molar-refractivity contribution is 0.0689. The average molecular weight is 430 g/mol. The molecule has 3 rings (SSSR count).